The fourth-order valence-corrected chi connectivity index (χ4v) is 3.79. The molecule has 1 fully saturated rings. The molecule has 2 rings (SSSR count). The average molecular weight is 311 g/mol. The van der Waals surface area contributed by atoms with Gasteiger partial charge in [-0.2, -0.15) is 0 Å². The van der Waals surface area contributed by atoms with Crippen molar-refractivity contribution in [3.05, 3.63) is 29.8 Å². The van der Waals surface area contributed by atoms with E-state index in [4.69, 9.17) is 0 Å². The van der Waals surface area contributed by atoms with Crippen molar-refractivity contribution in [2.75, 3.05) is 44.4 Å². The normalized spacial score (nSPS) is 17.6. The van der Waals surface area contributed by atoms with Gasteiger partial charge >= 0.3 is 0 Å². The van der Waals surface area contributed by atoms with Crippen LogP contribution in [0.25, 0.3) is 0 Å². The molecular weight excluding hydrogens is 290 g/mol. The van der Waals surface area contributed by atoms with E-state index in [0.717, 1.165) is 5.69 Å². The van der Waals surface area contributed by atoms with E-state index < -0.39 is 10.0 Å². The number of sulfonamides is 1. The predicted octanol–water partition coefficient (Wildman–Crippen LogP) is 0.518. The van der Waals surface area contributed by atoms with Gasteiger partial charge in [-0.25, -0.2) is 12.7 Å². The van der Waals surface area contributed by atoms with Gasteiger partial charge in [-0.05, 0) is 24.6 Å². The van der Waals surface area contributed by atoms with Crippen molar-refractivity contribution in [1.29, 1.82) is 0 Å². The highest BCUT2D eigenvalue weighted by Gasteiger charge is 2.27. The van der Waals surface area contributed by atoms with Crippen LogP contribution in [0, 0.1) is 0 Å². The fourth-order valence-electron chi connectivity index (χ4n) is 2.26. The van der Waals surface area contributed by atoms with Crippen LogP contribution in [0.4, 0.5) is 5.69 Å². The number of carbonyl (C=O) groups is 1. The second-order valence-electron chi connectivity index (χ2n) is 5.27. The van der Waals surface area contributed by atoms with Crippen molar-refractivity contribution >= 4 is 21.6 Å². The minimum atomic E-state index is -3.09. The Morgan fingerprint density at radius 1 is 1.38 bits per heavy atom. The highest BCUT2D eigenvalue weighted by atomic mass is 32.2. The molecule has 1 aliphatic rings. The molecule has 21 heavy (non-hydrogen) atoms. The van der Waals surface area contributed by atoms with Crippen molar-refractivity contribution in [2.45, 2.75) is 6.42 Å². The highest BCUT2D eigenvalue weighted by molar-refractivity contribution is 7.89. The number of hydrogen-bond acceptors (Lipinski definition) is 4. The molecule has 0 spiro atoms. The summed E-state index contributed by atoms with van der Waals surface area (Å²) in [5, 5.41) is 2.77. The van der Waals surface area contributed by atoms with Gasteiger partial charge in [0.1, 0.15) is 0 Å². The molecule has 1 heterocycles. The third-order valence-corrected chi connectivity index (χ3v) is 5.43. The molecule has 0 radical (unpaired) electrons. The zero-order chi connectivity index (χ0) is 15.5. The first-order valence-corrected chi connectivity index (χ1v) is 8.54. The molecule has 1 N–H and O–H groups in total. The summed E-state index contributed by atoms with van der Waals surface area (Å²) in [5.74, 6) is 0.0292. The maximum absolute atomic E-state index is 12.1. The Kier molecular flexibility index (Phi) is 4.84. The van der Waals surface area contributed by atoms with E-state index >= 15 is 0 Å². The third-order valence-electron chi connectivity index (χ3n) is 3.47. The topological polar surface area (TPSA) is 69.7 Å². The number of carbonyl (C=O) groups excluding carboxylic acids is 1. The molecule has 0 aliphatic carbocycles. The van der Waals surface area contributed by atoms with E-state index in [1.807, 2.05) is 37.2 Å². The number of benzene rings is 1. The molecule has 0 bridgehead atoms. The van der Waals surface area contributed by atoms with Gasteiger partial charge in [-0.3, -0.25) is 4.79 Å². The molecule has 1 saturated heterocycles. The third kappa shape index (κ3) is 3.95. The van der Waals surface area contributed by atoms with E-state index in [9.17, 15) is 13.2 Å². The fraction of sp³-hybridized carbons (Fsp3) is 0.500. The summed E-state index contributed by atoms with van der Waals surface area (Å²) < 4.78 is 24.7. The molecule has 1 aromatic rings. The lowest BCUT2D eigenvalue weighted by molar-refractivity contribution is 0.0952. The number of nitrogens with one attached hydrogen (secondary N) is 1. The van der Waals surface area contributed by atoms with Gasteiger partial charge in [0, 0.05) is 45.0 Å². The van der Waals surface area contributed by atoms with Crippen molar-refractivity contribution in [3.63, 3.8) is 0 Å². The lowest BCUT2D eigenvalue weighted by Gasteiger charge is -2.15. The van der Waals surface area contributed by atoms with E-state index in [2.05, 4.69) is 5.32 Å². The Balaban J connectivity index is 1.89. The zero-order valence-electron chi connectivity index (χ0n) is 12.4. The lowest BCUT2D eigenvalue weighted by Crippen LogP contribution is -2.35. The largest absolute Gasteiger partial charge is 0.378 e. The first-order chi connectivity index (χ1) is 9.90. The van der Waals surface area contributed by atoms with Gasteiger partial charge < -0.3 is 10.2 Å². The van der Waals surface area contributed by atoms with Gasteiger partial charge in [0.15, 0.2) is 0 Å². The summed E-state index contributed by atoms with van der Waals surface area (Å²) in [6.45, 7) is 1.21. The summed E-state index contributed by atoms with van der Waals surface area (Å²) in [6.07, 6.45) is 0.668. The van der Waals surface area contributed by atoms with E-state index in [0.29, 0.717) is 31.6 Å². The van der Waals surface area contributed by atoms with Crippen molar-refractivity contribution < 1.29 is 13.2 Å². The Bertz CT molecular complexity index is 614. The first kappa shape index (κ1) is 15.8. The van der Waals surface area contributed by atoms with Gasteiger partial charge in [0.2, 0.25) is 10.0 Å². The summed E-state index contributed by atoms with van der Waals surface area (Å²) in [6, 6.07) is 7.31. The molecule has 0 atom stereocenters. The van der Waals surface area contributed by atoms with Crippen LogP contribution in [0.1, 0.15) is 16.8 Å². The van der Waals surface area contributed by atoms with Crippen LogP contribution in [0.3, 0.4) is 0 Å². The minimum Gasteiger partial charge on any atom is -0.378 e. The molecule has 1 aliphatic heterocycles. The molecule has 7 heteroatoms. The molecule has 0 saturated carbocycles. The summed E-state index contributed by atoms with van der Waals surface area (Å²) in [7, 11) is 0.732. The van der Waals surface area contributed by atoms with Crippen LogP contribution in [0.2, 0.25) is 0 Å². The van der Waals surface area contributed by atoms with Crippen molar-refractivity contribution in [2.24, 2.45) is 0 Å². The number of amides is 1. The minimum absolute atomic E-state index is 0.185. The SMILES string of the molecule is CN(C)c1cccc(C(=O)NCCN2CCCS2(=O)=O)c1. The smallest absolute Gasteiger partial charge is 0.251 e. The number of hydrogen-bond donors (Lipinski definition) is 1. The molecule has 116 valence electrons. The molecular formula is C14H21N3O3S. The quantitative estimate of drug-likeness (QED) is 0.860. The second-order valence-corrected chi connectivity index (χ2v) is 7.36. The van der Waals surface area contributed by atoms with Crippen LogP contribution in [0.15, 0.2) is 24.3 Å². The summed E-state index contributed by atoms with van der Waals surface area (Å²) in [4.78, 5) is 14.0. The van der Waals surface area contributed by atoms with Crippen molar-refractivity contribution in [3.8, 4) is 0 Å². The van der Waals surface area contributed by atoms with E-state index in [1.165, 1.54) is 4.31 Å². The predicted molar refractivity (Wildman–Crippen MR) is 83.1 cm³/mol. The Morgan fingerprint density at radius 3 is 2.76 bits per heavy atom. The second kappa shape index (κ2) is 6.44. The Morgan fingerprint density at radius 2 is 2.14 bits per heavy atom. The molecule has 1 amide bonds. The van der Waals surface area contributed by atoms with Crippen LogP contribution in [0.5, 0.6) is 0 Å². The Labute approximate surface area is 125 Å². The van der Waals surface area contributed by atoms with Crippen LogP contribution < -0.4 is 10.2 Å². The summed E-state index contributed by atoms with van der Waals surface area (Å²) >= 11 is 0. The van der Waals surface area contributed by atoms with E-state index in [-0.39, 0.29) is 11.7 Å². The van der Waals surface area contributed by atoms with E-state index in [1.54, 1.807) is 6.07 Å². The maximum Gasteiger partial charge on any atom is 0.251 e. The molecule has 1 aromatic carbocycles. The molecule has 0 aromatic heterocycles. The van der Waals surface area contributed by atoms with Gasteiger partial charge in [-0.15, -0.1) is 0 Å². The summed E-state index contributed by atoms with van der Waals surface area (Å²) in [5.41, 5.74) is 1.52. The monoisotopic (exact) mass is 311 g/mol. The highest BCUT2D eigenvalue weighted by Crippen LogP contribution is 2.14. The van der Waals surface area contributed by atoms with Crippen LogP contribution in [-0.4, -0.2) is 58.1 Å². The van der Waals surface area contributed by atoms with Gasteiger partial charge in [0.05, 0.1) is 5.75 Å². The van der Waals surface area contributed by atoms with Crippen molar-refractivity contribution in [1.82, 2.24) is 9.62 Å². The standard InChI is InChI=1S/C14H21N3O3S/c1-16(2)13-6-3-5-12(11-13)14(18)15-7-9-17-8-4-10-21(17,19)20/h3,5-6,11H,4,7-10H2,1-2H3,(H,15,18). The number of rotatable bonds is 5. The van der Waals surface area contributed by atoms with Crippen LogP contribution in [-0.2, 0) is 10.0 Å². The molecule has 0 unspecified atom stereocenters. The number of nitrogens with zero attached hydrogens (tertiary/aromatic N) is 2. The van der Waals surface area contributed by atoms with Gasteiger partial charge in [0.25, 0.3) is 5.91 Å². The number of anilines is 1. The first-order valence-electron chi connectivity index (χ1n) is 6.93. The lowest BCUT2D eigenvalue weighted by atomic mass is 10.2. The Hall–Kier alpha value is -1.60. The van der Waals surface area contributed by atoms with Crippen LogP contribution >= 0.6 is 0 Å². The maximum atomic E-state index is 12.1. The molecule has 6 nitrogen and oxygen atoms in total. The average Bonchev–Trinajstić information content (AvgIpc) is 2.78. The van der Waals surface area contributed by atoms with Gasteiger partial charge in [-0.1, -0.05) is 6.07 Å². The zero-order valence-corrected chi connectivity index (χ0v) is 13.2.